The average molecular weight is 462 g/mol. The van der Waals surface area contributed by atoms with Crippen molar-refractivity contribution in [2.75, 3.05) is 33.4 Å². The van der Waals surface area contributed by atoms with Crippen LogP contribution in [0, 0.1) is 0 Å². The van der Waals surface area contributed by atoms with Gasteiger partial charge in [0.05, 0.1) is 31.9 Å². The number of aromatic nitrogens is 1. The Kier molecular flexibility index (Phi) is 6.52. The Morgan fingerprint density at radius 3 is 2.74 bits per heavy atom. The summed E-state index contributed by atoms with van der Waals surface area (Å²) in [6.45, 7) is 2.75. The van der Waals surface area contributed by atoms with Gasteiger partial charge in [-0.05, 0) is 54.8 Å². The molecule has 0 radical (unpaired) electrons. The van der Waals surface area contributed by atoms with E-state index >= 15 is 0 Å². The first-order valence-corrected chi connectivity index (χ1v) is 11.8. The topological polar surface area (TPSA) is 91.0 Å². The number of β-amino-alcohol motifs (C(OH)–C–C–N with tert-alkyl or cyclic N) is 1. The number of aliphatic hydroxyl groups excluding tert-OH is 2. The molecule has 3 N–H and O–H groups in total. The Morgan fingerprint density at radius 1 is 1.15 bits per heavy atom. The molecule has 4 aromatic rings. The van der Waals surface area contributed by atoms with Gasteiger partial charge in [-0.2, -0.15) is 0 Å². The van der Waals surface area contributed by atoms with Crippen LogP contribution in [-0.4, -0.2) is 59.0 Å². The second kappa shape index (κ2) is 9.72. The Balaban J connectivity index is 1.21. The predicted octanol–water partition coefficient (Wildman–Crippen LogP) is 3.64. The van der Waals surface area contributed by atoms with E-state index in [2.05, 4.69) is 15.2 Å². The number of piperidine rings is 1. The maximum atomic E-state index is 11.1. The maximum Gasteiger partial charge on any atom is 0.134 e. The van der Waals surface area contributed by atoms with E-state index in [0.29, 0.717) is 13.1 Å². The molecule has 34 heavy (non-hydrogen) atoms. The number of hydrogen-bond acceptors (Lipinski definition) is 7. The Hall–Kier alpha value is -2.97. The summed E-state index contributed by atoms with van der Waals surface area (Å²) in [5, 5.41) is 26.8. The summed E-state index contributed by atoms with van der Waals surface area (Å²) in [6.07, 6.45) is 2.69. The van der Waals surface area contributed by atoms with Gasteiger partial charge in [-0.25, -0.2) is 0 Å². The fourth-order valence-corrected chi connectivity index (χ4v) is 4.86. The molecule has 5 rings (SSSR count). The van der Waals surface area contributed by atoms with Crippen LogP contribution in [0.25, 0.3) is 21.9 Å². The zero-order chi connectivity index (χ0) is 23.5. The third-order valence-electron chi connectivity index (χ3n) is 7.00. The summed E-state index contributed by atoms with van der Waals surface area (Å²) in [5.74, 6) is 1.61. The number of benzene rings is 2. The highest BCUT2D eigenvalue weighted by atomic mass is 16.5. The van der Waals surface area contributed by atoms with E-state index in [4.69, 9.17) is 9.15 Å². The number of rotatable bonds is 8. The van der Waals surface area contributed by atoms with E-state index in [1.165, 1.54) is 0 Å². The molecule has 7 heteroatoms. The summed E-state index contributed by atoms with van der Waals surface area (Å²) in [4.78, 5) is 6.67. The van der Waals surface area contributed by atoms with Gasteiger partial charge in [0, 0.05) is 42.1 Å². The molecule has 3 heterocycles. The zero-order valence-corrected chi connectivity index (χ0v) is 19.4. The number of pyridine rings is 1. The molecule has 2 aromatic heterocycles. The fourth-order valence-electron chi connectivity index (χ4n) is 4.86. The molecule has 1 fully saturated rings. The fraction of sp³-hybridized carbons (Fsp3) is 0.370. The largest absolute Gasteiger partial charge is 0.497 e. The van der Waals surface area contributed by atoms with Crippen molar-refractivity contribution >= 4 is 21.9 Å². The van der Waals surface area contributed by atoms with E-state index in [0.717, 1.165) is 64.9 Å². The molecule has 7 nitrogen and oxygen atoms in total. The van der Waals surface area contributed by atoms with Gasteiger partial charge in [0.2, 0.25) is 0 Å². The number of para-hydroxylation sites is 1. The summed E-state index contributed by atoms with van der Waals surface area (Å²) >= 11 is 0. The van der Waals surface area contributed by atoms with Crippen LogP contribution in [0.5, 0.6) is 5.75 Å². The Morgan fingerprint density at radius 2 is 1.97 bits per heavy atom. The standard InChI is InChI=1S/C27H31N3O4/c1-33-20-6-7-24-23(15-20)22(8-11-28-24)25(32)17-30-12-9-27(18-31,10-13-30)29-16-21-14-19-4-2-3-5-26(19)34-21/h2-8,11,14-15,25,29,31-32H,9-10,12-13,16-18H2,1H3/t25-/m0/s1. The molecule has 0 unspecified atom stereocenters. The summed E-state index contributed by atoms with van der Waals surface area (Å²) in [7, 11) is 1.64. The monoisotopic (exact) mass is 461 g/mol. The van der Waals surface area contributed by atoms with Crippen LogP contribution in [0.3, 0.4) is 0 Å². The first-order valence-electron chi connectivity index (χ1n) is 11.8. The third-order valence-corrected chi connectivity index (χ3v) is 7.00. The zero-order valence-electron chi connectivity index (χ0n) is 19.4. The lowest BCUT2D eigenvalue weighted by atomic mass is 9.87. The SMILES string of the molecule is COc1ccc2nccc([C@@H](O)CN3CCC(CO)(NCc4cc5ccccc5o4)CC3)c2c1. The van der Waals surface area contributed by atoms with Gasteiger partial charge in [-0.15, -0.1) is 0 Å². The molecule has 2 aromatic carbocycles. The second-order valence-corrected chi connectivity index (χ2v) is 9.14. The van der Waals surface area contributed by atoms with Gasteiger partial charge in [0.15, 0.2) is 0 Å². The van der Waals surface area contributed by atoms with E-state index in [1.807, 2.05) is 54.6 Å². The van der Waals surface area contributed by atoms with Crippen molar-refractivity contribution in [2.45, 2.75) is 31.0 Å². The second-order valence-electron chi connectivity index (χ2n) is 9.14. The molecular weight excluding hydrogens is 430 g/mol. The Bertz CT molecular complexity index is 1230. The van der Waals surface area contributed by atoms with Crippen molar-refractivity contribution < 1.29 is 19.4 Å². The molecule has 1 aliphatic rings. The number of nitrogens with one attached hydrogen (secondary N) is 1. The first kappa shape index (κ1) is 22.8. The van der Waals surface area contributed by atoms with Gasteiger partial charge in [0.25, 0.3) is 0 Å². The number of methoxy groups -OCH3 is 1. The molecule has 0 aliphatic carbocycles. The van der Waals surface area contributed by atoms with Crippen LogP contribution in [0.2, 0.25) is 0 Å². The summed E-state index contributed by atoms with van der Waals surface area (Å²) in [5.41, 5.74) is 2.22. The van der Waals surface area contributed by atoms with Gasteiger partial charge in [0.1, 0.15) is 17.1 Å². The normalized spacial score (nSPS) is 17.3. The average Bonchev–Trinajstić information content (AvgIpc) is 3.31. The van der Waals surface area contributed by atoms with Crippen molar-refractivity contribution in [2.24, 2.45) is 0 Å². The third kappa shape index (κ3) is 4.65. The number of hydrogen-bond donors (Lipinski definition) is 3. The molecule has 0 saturated carbocycles. The molecular formula is C27H31N3O4. The molecule has 0 spiro atoms. The summed E-state index contributed by atoms with van der Waals surface area (Å²) < 4.78 is 11.3. The highest BCUT2D eigenvalue weighted by molar-refractivity contribution is 5.83. The van der Waals surface area contributed by atoms with E-state index in [-0.39, 0.29) is 12.1 Å². The van der Waals surface area contributed by atoms with Crippen molar-refractivity contribution in [1.29, 1.82) is 0 Å². The maximum absolute atomic E-state index is 11.1. The number of aliphatic hydroxyl groups is 2. The minimum absolute atomic E-state index is 0.0679. The van der Waals surface area contributed by atoms with Gasteiger partial charge in [-0.3, -0.25) is 4.98 Å². The number of furan rings is 1. The van der Waals surface area contributed by atoms with E-state index in [1.54, 1.807) is 13.3 Å². The quantitative estimate of drug-likeness (QED) is 0.369. The van der Waals surface area contributed by atoms with Gasteiger partial charge >= 0.3 is 0 Å². The van der Waals surface area contributed by atoms with Crippen LogP contribution in [0.1, 0.15) is 30.3 Å². The molecule has 1 saturated heterocycles. The number of fused-ring (bicyclic) bond motifs is 2. The highest BCUT2D eigenvalue weighted by Gasteiger charge is 2.34. The number of likely N-dealkylation sites (tertiary alicyclic amines) is 1. The lowest BCUT2D eigenvalue weighted by molar-refractivity contribution is 0.0479. The first-order chi connectivity index (χ1) is 16.6. The Labute approximate surface area is 199 Å². The smallest absolute Gasteiger partial charge is 0.134 e. The molecule has 0 amide bonds. The lowest BCUT2D eigenvalue weighted by Crippen LogP contribution is -2.55. The molecule has 1 aliphatic heterocycles. The molecule has 1 atom stereocenters. The predicted molar refractivity (Wildman–Crippen MR) is 132 cm³/mol. The van der Waals surface area contributed by atoms with Crippen molar-refractivity contribution in [3.63, 3.8) is 0 Å². The lowest BCUT2D eigenvalue weighted by Gasteiger charge is -2.42. The van der Waals surface area contributed by atoms with Crippen LogP contribution >= 0.6 is 0 Å². The van der Waals surface area contributed by atoms with Crippen LogP contribution < -0.4 is 10.1 Å². The molecule has 178 valence electrons. The van der Waals surface area contributed by atoms with E-state index in [9.17, 15) is 10.2 Å². The van der Waals surface area contributed by atoms with Crippen molar-refractivity contribution in [3.05, 3.63) is 72.1 Å². The number of ether oxygens (including phenoxy) is 1. The minimum Gasteiger partial charge on any atom is -0.497 e. The highest BCUT2D eigenvalue weighted by Crippen LogP contribution is 2.29. The molecule has 0 bridgehead atoms. The van der Waals surface area contributed by atoms with Gasteiger partial charge in [-0.1, -0.05) is 18.2 Å². The van der Waals surface area contributed by atoms with Crippen LogP contribution in [0.4, 0.5) is 0 Å². The van der Waals surface area contributed by atoms with E-state index < -0.39 is 6.10 Å². The van der Waals surface area contributed by atoms with Gasteiger partial charge < -0.3 is 29.6 Å². The van der Waals surface area contributed by atoms with Crippen molar-refractivity contribution in [1.82, 2.24) is 15.2 Å². The minimum atomic E-state index is -0.636. The summed E-state index contributed by atoms with van der Waals surface area (Å²) in [6, 6.07) is 17.6. The van der Waals surface area contributed by atoms with Crippen molar-refractivity contribution in [3.8, 4) is 5.75 Å². The van der Waals surface area contributed by atoms with Crippen LogP contribution in [-0.2, 0) is 6.54 Å². The number of nitrogens with zero attached hydrogens (tertiary/aromatic N) is 2. The van der Waals surface area contributed by atoms with Crippen LogP contribution in [0.15, 0.2) is 65.2 Å².